The summed E-state index contributed by atoms with van der Waals surface area (Å²) in [6.45, 7) is 5.57. The van der Waals surface area contributed by atoms with Crippen molar-refractivity contribution in [1.82, 2.24) is 4.90 Å². The molecule has 2 unspecified atom stereocenters. The summed E-state index contributed by atoms with van der Waals surface area (Å²) < 4.78 is 16.8. The number of fused-ring (bicyclic) bond motifs is 1. The first-order valence-electron chi connectivity index (χ1n) is 11.3. The van der Waals surface area contributed by atoms with Gasteiger partial charge in [0.25, 0.3) is 5.91 Å². The molecular formula is C24H30N2O7. The standard InChI is InChI=1S/C24H30N2O7/c1-4-12-25(15-6-8-16(31-3)9-7-15)22(29)20-24-11-10-17(33-24)18(23(30)32-5-2)19(24)21(28)26(20)13-14-27/h4,6-9,17-20,27H,1,5,10-14H2,2-3H3/t17-,18+,19+,20?,24?/m1/s1. The fourth-order valence-electron chi connectivity index (χ4n) is 5.65. The second-order valence-corrected chi connectivity index (χ2v) is 8.50. The van der Waals surface area contributed by atoms with Crippen molar-refractivity contribution in [2.75, 3.05) is 38.3 Å². The van der Waals surface area contributed by atoms with Gasteiger partial charge in [-0.2, -0.15) is 0 Å². The molecule has 33 heavy (non-hydrogen) atoms. The number of anilines is 1. The maximum atomic E-state index is 14.0. The number of hydrogen-bond donors (Lipinski definition) is 1. The summed E-state index contributed by atoms with van der Waals surface area (Å²) in [6.07, 6.45) is 2.19. The zero-order valence-corrected chi connectivity index (χ0v) is 18.9. The summed E-state index contributed by atoms with van der Waals surface area (Å²) in [4.78, 5) is 43.2. The zero-order chi connectivity index (χ0) is 23.8. The number of methoxy groups -OCH3 is 1. The number of β-amino-alcohol motifs (C(OH)–C–C–N with tert-alkyl or cyclic N) is 1. The molecule has 9 heteroatoms. The average Bonchev–Trinajstić information content (AvgIpc) is 3.45. The number of aliphatic hydroxyl groups excluding tert-OH is 1. The second-order valence-electron chi connectivity index (χ2n) is 8.50. The smallest absolute Gasteiger partial charge is 0.312 e. The average molecular weight is 459 g/mol. The van der Waals surface area contributed by atoms with E-state index in [9.17, 15) is 19.5 Å². The van der Waals surface area contributed by atoms with Gasteiger partial charge in [0.15, 0.2) is 0 Å². The second kappa shape index (κ2) is 9.15. The van der Waals surface area contributed by atoms with E-state index in [-0.39, 0.29) is 38.1 Å². The van der Waals surface area contributed by atoms with Crippen molar-refractivity contribution >= 4 is 23.5 Å². The largest absolute Gasteiger partial charge is 0.497 e. The van der Waals surface area contributed by atoms with Crippen molar-refractivity contribution in [3.63, 3.8) is 0 Å². The topological polar surface area (TPSA) is 106 Å². The van der Waals surface area contributed by atoms with Gasteiger partial charge in [0.1, 0.15) is 17.4 Å². The maximum Gasteiger partial charge on any atom is 0.312 e. The normalized spacial score (nSPS) is 29.7. The van der Waals surface area contributed by atoms with Crippen molar-refractivity contribution in [2.45, 2.75) is 37.5 Å². The summed E-state index contributed by atoms with van der Waals surface area (Å²) in [6, 6.07) is 6.06. The number of likely N-dealkylation sites (tertiary alicyclic amines) is 1. The molecular weight excluding hydrogens is 428 g/mol. The molecule has 3 aliphatic heterocycles. The number of benzene rings is 1. The van der Waals surface area contributed by atoms with Crippen LogP contribution in [0.2, 0.25) is 0 Å². The molecule has 1 aromatic carbocycles. The minimum absolute atomic E-state index is 0.0262. The zero-order valence-electron chi connectivity index (χ0n) is 18.9. The van der Waals surface area contributed by atoms with E-state index < -0.39 is 35.6 Å². The highest BCUT2D eigenvalue weighted by molar-refractivity contribution is 6.04. The van der Waals surface area contributed by atoms with E-state index in [1.807, 2.05) is 0 Å². The van der Waals surface area contributed by atoms with Crippen LogP contribution in [0.5, 0.6) is 5.75 Å². The predicted octanol–water partition coefficient (Wildman–Crippen LogP) is 1.14. The number of nitrogens with zero attached hydrogens (tertiary/aromatic N) is 2. The van der Waals surface area contributed by atoms with Gasteiger partial charge in [-0.1, -0.05) is 6.08 Å². The van der Waals surface area contributed by atoms with Gasteiger partial charge in [-0.25, -0.2) is 0 Å². The molecule has 3 aliphatic rings. The number of amides is 2. The van der Waals surface area contributed by atoms with Crippen molar-refractivity contribution in [2.24, 2.45) is 11.8 Å². The lowest BCUT2D eigenvalue weighted by atomic mass is 9.70. The number of esters is 1. The Morgan fingerprint density at radius 2 is 2.09 bits per heavy atom. The van der Waals surface area contributed by atoms with Crippen LogP contribution in [-0.4, -0.2) is 79.0 Å². The lowest BCUT2D eigenvalue weighted by Crippen LogP contribution is -2.56. The number of carbonyl (C=O) groups excluding carboxylic acids is 3. The molecule has 0 saturated carbocycles. The first kappa shape index (κ1) is 23.3. The Hall–Kier alpha value is -2.91. The van der Waals surface area contributed by atoms with Crippen LogP contribution >= 0.6 is 0 Å². The molecule has 3 fully saturated rings. The summed E-state index contributed by atoms with van der Waals surface area (Å²) in [5.74, 6) is -2.07. The highest BCUT2D eigenvalue weighted by Gasteiger charge is 2.75. The maximum absolute atomic E-state index is 14.0. The molecule has 2 bridgehead atoms. The van der Waals surface area contributed by atoms with Crippen LogP contribution in [-0.2, 0) is 23.9 Å². The van der Waals surface area contributed by atoms with E-state index in [2.05, 4.69) is 6.58 Å². The number of carbonyl (C=O) groups is 3. The van der Waals surface area contributed by atoms with E-state index in [0.717, 1.165) is 0 Å². The van der Waals surface area contributed by atoms with Crippen LogP contribution in [0.1, 0.15) is 19.8 Å². The number of ether oxygens (including phenoxy) is 3. The third-order valence-corrected chi connectivity index (χ3v) is 6.90. The molecule has 5 atom stereocenters. The molecule has 178 valence electrons. The SMILES string of the molecule is C=CCN(C(=O)C1N(CCO)C(=O)[C@@H]2[C@@H](C(=O)OCC)[C@H]3CCC12O3)c1ccc(OC)cc1. The molecule has 0 radical (unpaired) electrons. The van der Waals surface area contributed by atoms with Crippen LogP contribution in [0, 0.1) is 11.8 Å². The third kappa shape index (κ3) is 3.59. The quantitative estimate of drug-likeness (QED) is 0.437. The third-order valence-electron chi connectivity index (χ3n) is 6.90. The molecule has 0 aliphatic carbocycles. The molecule has 3 saturated heterocycles. The summed E-state index contributed by atoms with van der Waals surface area (Å²) in [5, 5.41) is 9.67. The molecule has 2 amide bonds. The van der Waals surface area contributed by atoms with Gasteiger partial charge in [-0.3, -0.25) is 14.4 Å². The van der Waals surface area contributed by atoms with Gasteiger partial charge < -0.3 is 29.1 Å². The Labute approximate surface area is 192 Å². The van der Waals surface area contributed by atoms with Crippen LogP contribution < -0.4 is 9.64 Å². The van der Waals surface area contributed by atoms with Crippen molar-refractivity contribution < 1.29 is 33.7 Å². The number of hydrogen-bond acceptors (Lipinski definition) is 7. The van der Waals surface area contributed by atoms with Crippen LogP contribution in [0.4, 0.5) is 5.69 Å². The predicted molar refractivity (Wildman–Crippen MR) is 119 cm³/mol. The first-order valence-corrected chi connectivity index (χ1v) is 11.3. The van der Waals surface area contributed by atoms with E-state index in [0.29, 0.717) is 24.3 Å². The van der Waals surface area contributed by atoms with Crippen LogP contribution in [0.3, 0.4) is 0 Å². The molecule has 9 nitrogen and oxygen atoms in total. The highest BCUT2D eigenvalue weighted by atomic mass is 16.6. The lowest BCUT2D eigenvalue weighted by molar-refractivity contribution is -0.154. The molecule has 1 aromatic rings. The summed E-state index contributed by atoms with van der Waals surface area (Å²) in [7, 11) is 1.56. The Bertz CT molecular complexity index is 933. The summed E-state index contributed by atoms with van der Waals surface area (Å²) >= 11 is 0. The van der Waals surface area contributed by atoms with Crippen molar-refractivity contribution in [1.29, 1.82) is 0 Å². The fourth-order valence-corrected chi connectivity index (χ4v) is 5.65. The number of rotatable bonds is 9. The summed E-state index contributed by atoms with van der Waals surface area (Å²) in [5.41, 5.74) is -0.511. The Kier molecular flexibility index (Phi) is 6.45. The van der Waals surface area contributed by atoms with E-state index in [1.165, 1.54) is 4.90 Å². The van der Waals surface area contributed by atoms with Crippen molar-refractivity contribution in [3.8, 4) is 5.75 Å². The highest BCUT2D eigenvalue weighted by Crippen LogP contribution is 2.58. The number of aliphatic hydroxyl groups is 1. The van der Waals surface area contributed by atoms with E-state index in [4.69, 9.17) is 14.2 Å². The molecule has 3 heterocycles. The monoisotopic (exact) mass is 458 g/mol. The van der Waals surface area contributed by atoms with E-state index in [1.54, 1.807) is 49.3 Å². The van der Waals surface area contributed by atoms with Crippen LogP contribution in [0.25, 0.3) is 0 Å². The molecule has 0 aromatic heterocycles. The fraction of sp³-hybridized carbons (Fsp3) is 0.542. The van der Waals surface area contributed by atoms with Gasteiger partial charge in [0.2, 0.25) is 5.91 Å². The Morgan fingerprint density at radius 1 is 1.36 bits per heavy atom. The minimum Gasteiger partial charge on any atom is -0.497 e. The van der Waals surface area contributed by atoms with Gasteiger partial charge in [0, 0.05) is 18.8 Å². The van der Waals surface area contributed by atoms with Gasteiger partial charge in [-0.15, -0.1) is 6.58 Å². The van der Waals surface area contributed by atoms with Gasteiger partial charge in [-0.05, 0) is 44.0 Å². The van der Waals surface area contributed by atoms with Crippen LogP contribution in [0.15, 0.2) is 36.9 Å². The van der Waals surface area contributed by atoms with E-state index >= 15 is 0 Å². The lowest BCUT2D eigenvalue weighted by Gasteiger charge is -2.36. The van der Waals surface area contributed by atoms with Gasteiger partial charge in [0.05, 0.1) is 38.3 Å². The molecule has 1 N–H and O–H groups in total. The molecule has 4 rings (SSSR count). The Morgan fingerprint density at radius 3 is 2.70 bits per heavy atom. The minimum atomic E-state index is -1.13. The first-order chi connectivity index (χ1) is 15.9. The Balaban J connectivity index is 1.73. The van der Waals surface area contributed by atoms with Gasteiger partial charge >= 0.3 is 5.97 Å². The van der Waals surface area contributed by atoms with Crippen molar-refractivity contribution in [3.05, 3.63) is 36.9 Å². The molecule has 1 spiro atoms.